The van der Waals surface area contributed by atoms with Crippen LogP contribution < -0.4 is 16.0 Å². The molecule has 1 aromatic heterocycles. The smallest absolute Gasteiger partial charge is 0.126 e. The lowest BCUT2D eigenvalue weighted by molar-refractivity contribution is 0.0914. The van der Waals surface area contributed by atoms with Gasteiger partial charge in [0, 0.05) is 56.3 Å². The number of nitrogens with zero attached hydrogens (tertiary/aromatic N) is 1. The van der Waals surface area contributed by atoms with Gasteiger partial charge in [0.1, 0.15) is 5.82 Å². The van der Waals surface area contributed by atoms with Gasteiger partial charge < -0.3 is 25.4 Å². The van der Waals surface area contributed by atoms with Gasteiger partial charge in [-0.1, -0.05) is 23.7 Å². The molecule has 7 heteroatoms. The molecule has 33 heavy (non-hydrogen) atoms. The molecule has 0 aliphatic heterocycles. The first-order valence-electron chi connectivity index (χ1n) is 12.1. The minimum atomic E-state index is 0.0117. The number of methoxy groups -OCH3 is 2. The van der Waals surface area contributed by atoms with Gasteiger partial charge in [0.15, 0.2) is 0 Å². The van der Waals surface area contributed by atoms with Gasteiger partial charge >= 0.3 is 0 Å². The van der Waals surface area contributed by atoms with Crippen LogP contribution in [0.15, 0.2) is 36.5 Å². The monoisotopic (exact) mass is 472 g/mol. The Morgan fingerprint density at radius 2 is 1.88 bits per heavy atom. The maximum atomic E-state index is 6.55. The number of ether oxygens (including phenoxy) is 2. The minimum absolute atomic E-state index is 0.0117. The fourth-order valence-corrected chi connectivity index (χ4v) is 4.92. The molecule has 2 fully saturated rings. The van der Waals surface area contributed by atoms with Crippen molar-refractivity contribution in [1.82, 2.24) is 10.3 Å². The Morgan fingerprint density at radius 3 is 2.58 bits per heavy atom. The molecule has 1 atom stereocenters. The standard InChI is InChI=1S/C26H37ClN4O2/c1-18(16-32-2)30-20-7-9-21(10-8-20)31-25-14-23(24(27)15-28-25)19-5-4-6-22(13-19)29-17-26(33-3)11-12-26/h4-6,13-15,18,20-21,29-30H,7-12,16-17H2,1-3H3,(H,28,31)/t18-,20?,21?/m1/s1. The van der Waals surface area contributed by atoms with E-state index in [0.717, 1.165) is 74.3 Å². The van der Waals surface area contributed by atoms with E-state index >= 15 is 0 Å². The molecule has 0 radical (unpaired) electrons. The highest BCUT2D eigenvalue weighted by Gasteiger charge is 2.42. The fourth-order valence-electron chi connectivity index (χ4n) is 4.71. The quantitative estimate of drug-likeness (QED) is 0.410. The highest BCUT2D eigenvalue weighted by molar-refractivity contribution is 6.33. The molecular weight excluding hydrogens is 436 g/mol. The van der Waals surface area contributed by atoms with Crippen molar-refractivity contribution in [3.63, 3.8) is 0 Å². The molecule has 2 aromatic rings. The number of hydrogen-bond acceptors (Lipinski definition) is 6. The first kappa shape index (κ1) is 24.3. The average Bonchev–Trinajstić information content (AvgIpc) is 3.61. The molecule has 2 aliphatic rings. The topological polar surface area (TPSA) is 67.4 Å². The molecule has 4 rings (SSSR count). The SMILES string of the molecule is COC[C@@H](C)NC1CCC(Nc2cc(-c3cccc(NCC4(OC)CC4)c3)c(Cl)cn2)CC1. The van der Waals surface area contributed by atoms with E-state index in [1.807, 2.05) is 0 Å². The number of hydrogen-bond donors (Lipinski definition) is 3. The Balaban J connectivity index is 1.36. The van der Waals surface area contributed by atoms with Gasteiger partial charge in [0.25, 0.3) is 0 Å². The van der Waals surface area contributed by atoms with Crippen LogP contribution in [0.4, 0.5) is 11.5 Å². The first-order valence-corrected chi connectivity index (χ1v) is 12.4. The number of halogens is 1. The molecule has 180 valence electrons. The van der Waals surface area contributed by atoms with Gasteiger partial charge in [-0.15, -0.1) is 0 Å². The van der Waals surface area contributed by atoms with Crippen LogP contribution in [0.3, 0.4) is 0 Å². The normalized spacial score (nSPS) is 22.5. The largest absolute Gasteiger partial charge is 0.383 e. The van der Waals surface area contributed by atoms with Crippen LogP contribution in [0.1, 0.15) is 45.4 Å². The first-order chi connectivity index (χ1) is 16.0. The third-order valence-electron chi connectivity index (χ3n) is 6.90. The molecule has 2 aliphatic carbocycles. The number of anilines is 2. The van der Waals surface area contributed by atoms with Crippen LogP contribution in [-0.4, -0.2) is 56.1 Å². The molecule has 0 bridgehead atoms. The van der Waals surface area contributed by atoms with E-state index in [1.165, 1.54) is 0 Å². The molecule has 0 amide bonds. The van der Waals surface area contributed by atoms with E-state index in [4.69, 9.17) is 21.1 Å². The lowest BCUT2D eigenvalue weighted by atomic mass is 9.90. The zero-order valence-electron chi connectivity index (χ0n) is 20.0. The van der Waals surface area contributed by atoms with Gasteiger partial charge in [-0.3, -0.25) is 0 Å². The van der Waals surface area contributed by atoms with Crippen molar-refractivity contribution >= 4 is 23.1 Å². The highest BCUT2D eigenvalue weighted by Crippen LogP contribution is 2.39. The second kappa shape index (κ2) is 11.0. The highest BCUT2D eigenvalue weighted by atomic mass is 35.5. The third kappa shape index (κ3) is 6.60. The second-order valence-electron chi connectivity index (χ2n) is 9.59. The van der Waals surface area contributed by atoms with E-state index in [0.29, 0.717) is 23.1 Å². The van der Waals surface area contributed by atoms with E-state index in [-0.39, 0.29) is 5.60 Å². The van der Waals surface area contributed by atoms with E-state index in [9.17, 15) is 0 Å². The van der Waals surface area contributed by atoms with Crippen LogP contribution in [0.25, 0.3) is 11.1 Å². The van der Waals surface area contributed by atoms with Crippen molar-refractivity contribution < 1.29 is 9.47 Å². The van der Waals surface area contributed by atoms with Crippen LogP contribution in [-0.2, 0) is 9.47 Å². The molecule has 1 heterocycles. The summed E-state index contributed by atoms with van der Waals surface area (Å²) in [5, 5.41) is 11.5. The summed E-state index contributed by atoms with van der Waals surface area (Å²) in [6.07, 6.45) is 8.54. The molecular formula is C26H37ClN4O2. The summed E-state index contributed by atoms with van der Waals surface area (Å²) < 4.78 is 10.9. The van der Waals surface area contributed by atoms with Crippen molar-refractivity contribution in [2.45, 2.75) is 69.2 Å². The summed E-state index contributed by atoms with van der Waals surface area (Å²) in [4.78, 5) is 4.55. The van der Waals surface area contributed by atoms with Crippen LogP contribution >= 0.6 is 11.6 Å². The van der Waals surface area contributed by atoms with Gasteiger partial charge in [0.2, 0.25) is 0 Å². The maximum absolute atomic E-state index is 6.55. The maximum Gasteiger partial charge on any atom is 0.126 e. The predicted molar refractivity (Wildman–Crippen MR) is 136 cm³/mol. The Morgan fingerprint density at radius 1 is 1.12 bits per heavy atom. The summed E-state index contributed by atoms with van der Waals surface area (Å²) >= 11 is 6.55. The van der Waals surface area contributed by atoms with Crippen molar-refractivity contribution in [3.8, 4) is 11.1 Å². The number of benzene rings is 1. The molecule has 0 spiro atoms. The summed E-state index contributed by atoms with van der Waals surface area (Å²) in [5.74, 6) is 0.883. The Bertz CT molecular complexity index is 913. The van der Waals surface area contributed by atoms with Crippen molar-refractivity contribution in [3.05, 3.63) is 41.6 Å². The number of pyridine rings is 1. The minimum Gasteiger partial charge on any atom is -0.383 e. The molecule has 6 nitrogen and oxygen atoms in total. The number of rotatable bonds is 11. The second-order valence-corrected chi connectivity index (χ2v) is 9.99. The third-order valence-corrected chi connectivity index (χ3v) is 7.20. The zero-order chi connectivity index (χ0) is 23.3. The van der Waals surface area contributed by atoms with Gasteiger partial charge in [0.05, 0.1) is 17.2 Å². The fraction of sp³-hybridized carbons (Fsp3) is 0.577. The lowest BCUT2D eigenvalue weighted by Crippen LogP contribution is -2.42. The van der Waals surface area contributed by atoms with Crippen molar-refractivity contribution in [1.29, 1.82) is 0 Å². The number of aromatic nitrogens is 1. The zero-order valence-corrected chi connectivity index (χ0v) is 20.8. The predicted octanol–water partition coefficient (Wildman–Crippen LogP) is 5.34. The van der Waals surface area contributed by atoms with Gasteiger partial charge in [-0.05, 0) is 69.2 Å². The summed E-state index contributed by atoms with van der Waals surface area (Å²) in [7, 11) is 3.55. The lowest BCUT2D eigenvalue weighted by Gasteiger charge is -2.32. The molecule has 1 aromatic carbocycles. The van der Waals surface area contributed by atoms with Crippen molar-refractivity contribution in [2.75, 3.05) is 38.0 Å². The summed E-state index contributed by atoms with van der Waals surface area (Å²) in [6.45, 7) is 3.75. The Labute approximate surface area is 202 Å². The van der Waals surface area contributed by atoms with E-state index in [2.05, 4.69) is 58.2 Å². The molecule has 3 N–H and O–H groups in total. The van der Waals surface area contributed by atoms with Gasteiger partial charge in [-0.25, -0.2) is 4.98 Å². The average molecular weight is 473 g/mol. The van der Waals surface area contributed by atoms with Crippen LogP contribution in [0, 0.1) is 0 Å². The van der Waals surface area contributed by atoms with Crippen molar-refractivity contribution in [2.24, 2.45) is 0 Å². The Kier molecular flexibility index (Phi) is 8.12. The van der Waals surface area contributed by atoms with Crippen LogP contribution in [0.2, 0.25) is 5.02 Å². The van der Waals surface area contributed by atoms with Crippen LogP contribution in [0.5, 0.6) is 0 Å². The molecule has 0 saturated heterocycles. The van der Waals surface area contributed by atoms with E-state index in [1.54, 1.807) is 20.4 Å². The summed E-state index contributed by atoms with van der Waals surface area (Å²) in [5.41, 5.74) is 3.16. The number of nitrogens with one attached hydrogen (secondary N) is 3. The molecule has 0 unspecified atom stereocenters. The van der Waals surface area contributed by atoms with E-state index < -0.39 is 0 Å². The summed E-state index contributed by atoms with van der Waals surface area (Å²) in [6, 6.07) is 11.8. The Hall–Kier alpha value is -1.86. The molecule has 2 saturated carbocycles. The van der Waals surface area contributed by atoms with Gasteiger partial charge in [-0.2, -0.15) is 0 Å².